The maximum Gasteiger partial charge on any atom is 1.00 e. The van der Waals surface area contributed by atoms with Crippen LogP contribution in [0.15, 0.2) is 0 Å². The van der Waals surface area contributed by atoms with Crippen LogP contribution in [0, 0.1) is 0 Å². The van der Waals surface area contributed by atoms with Crippen LogP contribution in [-0.2, 0) is 13.4 Å². The van der Waals surface area contributed by atoms with Gasteiger partial charge in [-0.25, -0.2) is 9.13 Å². The fourth-order valence-electron chi connectivity index (χ4n) is 0.139. The van der Waals surface area contributed by atoms with Crippen molar-refractivity contribution in [3.8, 4) is 0 Å². The molecule has 0 saturated carbocycles. The van der Waals surface area contributed by atoms with Crippen molar-refractivity contribution in [1.29, 1.82) is 0 Å². The van der Waals surface area contributed by atoms with E-state index in [1.54, 1.807) is 0 Å². The molecule has 0 unspecified atom stereocenters. The van der Waals surface area contributed by atoms with E-state index < -0.39 is 15.6 Å². The molecule has 0 radical (unpaired) electrons. The Morgan fingerprint density at radius 1 is 0.478 bits per heavy atom. The predicted octanol–water partition coefficient (Wildman–Crippen LogP) is -16.5. The molecular formula is H30Na2O19P2. The van der Waals surface area contributed by atoms with E-state index in [4.69, 9.17) is 19.6 Å². The van der Waals surface area contributed by atoms with Gasteiger partial charge in [0, 0.05) is 0 Å². The molecule has 0 aromatic heterocycles. The number of rotatable bonds is 2. The summed E-state index contributed by atoms with van der Waals surface area (Å²) in [5.41, 5.74) is 0. The second-order valence-corrected chi connectivity index (χ2v) is 3.68. The van der Waals surface area contributed by atoms with E-state index in [0.29, 0.717) is 0 Å². The van der Waals surface area contributed by atoms with Crippen molar-refractivity contribution < 1.29 is 161 Å². The van der Waals surface area contributed by atoms with E-state index in [1.807, 2.05) is 0 Å². The first kappa shape index (κ1) is 147. The summed E-state index contributed by atoms with van der Waals surface area (Å²) in [6.45, 7) is 0. The normalized spacial score (nSPS) is 5.39. The third kappa shape index (κ3) is 186. The Kier molecular flexibility index (Phi) is 360. The Labute approximate surface area is 175 Å². The van der Waals surface area contributed by atoms with Crippen molar-refractivity contribution in [3.63, 3.8) is 0 Å². The van der Waals surface area contributed by atoms with Crippen molar-refractivity contribution in [3.05, 3.63) is 0 Å². The van der Waals surface area contributed by atoms with Gasteiger partial charge in [0.2, 0.25) is 0 Å². The smallest absolute Gasteiger partial charge is 1.00 e. The molecule has 0 bridgehead atoms. The van der Waals surface area contributed by atoms with Crippen molar-refractivity contribution >= 4 is 15.6 Å². The Hall–Kier alpha value is 1.78. The molecule has 0 rings (SSSR count). The van der Waals surface area contributed by atoms with Crippen LogP contribution in [0.4, 0.5) is 0 Å². The fourth-order valence-corrected chi connectivity index (χ4v) is 1.25. The molecule has 19 nitrogen and oxygen atoms in total. The minimum Gasteiger partial charge on any atom is -1.00 e. The Bertz CT molecular complexity index is 170. The predicted molar refractivity (Wildman–Crippen MR) is 70.8 cm³/mol. The van der Waals surface area contributed by atoms with Crippen molar-refractivity contribution in [2.75, 3.05) is 0 Å². The molecule has 28 N–H and O–H groups in total. The fraction of sp³-hybridized carbons (Fsp3) is 0. The number of hydrogen-bond acceptors (Lipinski definition) is 3. The number of phosphoric acid groups is 2. The minimum atomic E-state index is -5.05. The maximum atomic E-state index is 9.63. The van der Waals surface area contributed by atoms with Crippen LogP contribution in [0.3, 0.4) is 0 Å². The van der Waals surface area contributed by atoms with Gasteiger partial charge in [-0.15, -0.1) is 0 Å². The molecule has 0 aliphatic carbocycles. The molecule has 0 aliphatic heterocycles. The summed E-state index contributed by atoms with van der Waals surface area (Å²) in [5, 5.41) is 0. The topological polar surface area (TPSA) is 502 Å². The van der Waals surface area contributed by atoms with Gasteiger partial charge in [-0.2, -0.15) is 4.31 Å². The molecule has 0 amide bonds. The standard InChI is InChI=1S/2Na.H4O7P2.12H2O.2H/c;;1-8(2,3)7-9(4,5)6;;;;;;;;;;;;;;/h;;(H2,1,2,3)(H2,4,5,6);12*1H2;;/q2*+1;;;;;;;;;;;;;;2*-1. The first-order chi connectivity index (χ1) is 3.71. The monoisotopic (exact) mass is 442 g/mol. The van der Waals surface area contributed by atoms with Crippen LogP contribution >= 0.6 is 15.6 Å². The van der Waals surface area contributed by atoms with E-state index in [-0.39, 0.29) is 128 Å². The molecule has 0 aromatic carbocycles. The summed E-state index contributed by atoms with van der Waals surface area (Å²) in [6, 6.07) is 0. The van der Waals surface area contributed by atoms with Gasteiger partial charge in [-0.1, -0.05) is 0 Å². The third-order valence-electron chi connectivity index (χ3n) is 0.213. The van der Waals surface area contributed by atoms with Crippen LogP contribution in [0.25, 0.3) is 0 Å². The summed E-state index contributed by atoms with van der Waals surface area (Å²) in [5.74, 6) is 0. The van der Waals surface area contributed by atoms with Crippen molar-refractivity contribution in [2.24, 2.45) is 0 Å². The minimum absolute atomic E-state index is 0. The first-order valence-electron chi connectivity index (χ1n) is 1.53. The van der Waals surface area contributed by atoms with Gasteiger partial charge in [-0.3, -0.25) is 0 Å². The van der Waals surface area contributed by atoms with E-state index in [9.17, 15) is 9.13 Å². The molecule has 0 fully saturated rings. The molecule has 23 heavy (non-hydrogen) atoms. The van der Waals surface area contributed by atoms with Crippen LogP contribution in [0.2, 0.25) is 0 Å². The zero-order valence-electron chi connectivity index (χ0n) is 13.9. The second-order valence-electron chi connectivity index (χ2n) is 1.06. The molecule has 23 heteroatoms. The third-order valence-corrected chi connectivity index (χ3v) is 1.91. The molecule has 0 saturated heterocycles. The van der Waals surface area contributed by atoms with Gasteiger partial charge >= 0.3 is 74.8 Å². The van der Waals surface area contributed by atoms with Crippen LogP contribution in [0.5, 0.6) is 0 Å². The zero-order chi connectivity index (χ0) is 7.71. The second kappa shape index (κ2) is 56.5. The maximum absolute atomic E-state index is 9.63. The SMILES string of the molecule is O.O.O.O.O.O.O.O.O.O.O.O.O=P(O)(O)OP(=O)(O)O.[H-].[H-].[Na+].[Na+]. The summed E-state index contributed by atoms with van der Waals surface area (Å²) in [4.78, 5) is 31.0. The van der Waals surface area contributed by atoms with Crippen LogP contribution in [-0.4, -0.2) is 85.3 Å². The largest absolute Gasteiger partial charge is 1.00 e. The van der Waals surface area contributed by atoms with Crippen LogP contribution < -0.4 is 59.1 Å². The van der Waals surface area contributed by atoms with Gasteiger partial charge < -0.3 is 88.1 Å². The molecule has 0 aliphatic rings. The Balaban J connectivity index is -0.00000000267. The van der Waals surface area contributed by atoms with Gasteiger partial charge in [0.25, 0.3) is 0 Å². The van der Waals surface area contributed by atoms with Gasteiger partial charge in [0.15, 0.2) is 0 Å². The van der Waals surface area contributed by atoms with Gasteiger partial charge in [0.05, 0.1) is 0 Å². The van der Waals surface area contributed by atoms with Gasteiger partial charge in [-0.05, 0) is 0 Å². The summed E-state index contributed by atoms with van der Waals surface area (Å²) < 4.78 is 22.2. The van der Waals surface area contributed by atoms with Gasteiger partial charge in [0.1, 0.15) is 0 Å². The summed E-state index contributed by atoms with van der Waals surface area (Å²) in [6.07, 6.45) is 0. The van der Waals surface area contributed by atoms with E-state index in [1.165, 1.54) is 0 Å². The molecule has 156 valence electrons. The summed E-state index contributed by atoms with van der Waals surface area (Å²) >= 11 is 0. The first-order valence-corrected chi connectivity index (χ1v) is 4.59. The number of hydrogen-bond donors (Lipinski definition) is 4. The quantitative estimate of drug-likeness (QED) is 0.236. The van der Waals surface area contributed by atoms with E-state index in [2.05, 4.69) is 4.31 Å². The van der Waals surface area contributed by atoms with E-state index in [0.717, 1.165) is 0 Å². The van der Waals surface area contributed by atoms with Crippen LogP contribution in [0.1, 0.15) is 2.85 Å². The molecule has 0 atom stereocenters. The average molecular weight is 442 g/mol. The Morgan fingerprint density at radius 3 is 0.565 bits per heavy atom. The van der Waals surface area contributed by atoms with Crippen molar-refractivity contribution in [2.45, 2.75) is 0 Å². The average Bonchev–Trinajstić information content (AvgIpc) is 1.14. The van der Waals surface area contributed by atoms with E-state index >= 15 is 0 Å². The van der Waals surface area contributed by atoms with Crippen molar-refractivity contribution in [1.82, 2.24) is 0 Å². The molecule has 0 heterocycles. The zero-order valence-corrected chi connectivity index (χ0v) is 17.7. The summed E-state index contributed by atoms with van der Waals surface area (Å²) in [7, 11) is -10.1. The molecule has 0 spiro atoms. The molecule has 0 aromatic rings. The molecular weight excluding hydrogens is 412 g/mol. The Morgan fingerprint density at radius 2 is 0.565 bits per heavy atom.